The Kier molecular flexibility index (Phi) is 3.61. The number of hydrogen-bond donors (Lipinski definition) is 2. The molecule has 0 spiro atoms. The van der Waals surface area contributed by atoms with Crippen molar-refractivity contribution in [3.63, 3.8) is 0 Å². The minimum atomic E-state index is -1.08. The van der Waals surface area contributed by atoms with Crippen LogP contribution in [0.15, 0.2) is 42.7 Å². The molecule has 98 valence electrons. The van der Waals surface area contributed by atoms with Gasteiger partial charge in [-0.15, -0.1) is 0 Å². The molecule has 0 aliphatic rings. The van der Waals surface area contributed by atoms with Crippen LogP contribution < -0.4 is 5.32 Å². The molecule has 19 heavy (non-hydrogen) atoms. The number of nitrogens with one attached hydrogen (secondary N) is 1. The normalized spacial score (nSPS) is 11.8. The summed E-state index contributed by atoms with van der Waals surface area (Å²) in [6, 6.07) is 7.47. The van der Waals surface area contributed by atoms with Gasteiger partial charge in [-0.05, 0) is 25.1 Å². The Morgan fingerprint density at radius 2 is 2.05 bits per heavy atom. The van der Waals surface area contributed by atoms with Crippen molar-refractivity contribution in [2.75, 3.05) is 5.32 Å². The fourth-order valence-electron chi connectivity index (χ4n) is 1.65. The van der Waals surface area contributed by atoms with Crippen molar-refractivity contribution >= 4 is 17.6 Å². The van der Waals surface area contributed by atoms with Gasteiger partial charge in [0.05, 0.1) is 11.3 Å². The number of amides is 1. The van der Waals surface area contributed by atoms with Crippen LogP contribution in [0.4, 0.5) is 5.69 Å². The summed E-state index contributed by atoms with van der Waals surface area (Å²) in [6.07, 6.45) is 3.25. The minimum absolute atomic E-state index is 0.0588. The van der Waals surface area contributed by atoms with E-state index in [-0.39, 0.29) is 17.2 Å². The van der Waals surface area contributed by atoms with Crippen LogP contribution in [0, 0.1) is 0 Å². The van der Waals surface area contributed by atoms with Crippen molar-refractivity contribution in [3.8, 4) is 0 Å². The Bertz CT molecular complexity index is 593. The van der Waals surface area contributed by atoms with E-state index < -0.39 is 12.0 Å². The molecule has 0 saturated carbocycles. The Balaban J connectivity index is 2.18. The summed E-state index contributed by atoms with van der Waals surface area (Å²) in [7, 11) is 0. The Hall–Kier alpha value is -2.63. The summed E-state index contributed by atoms with van der Waals surface area (Å²) < 4.78 is 1.50. The van der Waals surface area contributed by atoms with Gasteiger partial charge in [-0.3, -0.25) is 9.48 Å². The Labute approximate surface area is 109 Å². The summed E-state index contributed by atoms with van der Waals surface area (Å²) in [5.41, 5.74) is 0.336. The lowest BCUT2D eigenvalue weighted by Crippen LogP contribution is -2.24. The molecule has 0 aliphatic carbocycles. The maximum Gasteiger partial charge on any atom is 0.337 e. The highest BCUT2D eigenvalue weighted by Gasteiger charge is 2.17. The van der Waals surface area contributed by atoms with Gasteiger partial charge in [0, 0.05) is 12.4 Å². The smallest absolute Gasteiger partial charge is 0.337 e. The van der Waals surface area contributed by atoms with Crippen LogP contribution in [0.5, 0.6) is 0 Å². The molecule has 1 amide bonds. The van der Waals surface area contributed by atoms with Gasteiger partial charge in [0.25, 0.3) is 0 Å². The molecule has 6 heteroatoms. The summed E-state index contributed by atoms with van der Waals surface area (Å²) >= 11 is 0. The summed E-state index contributed by atoms with van der Waals surface area (Å²) in [5, 5.41) is 15.6. The molecule has 1 heterocycles. The van der Waals surface area contributed by atoms with E-state index in [1.165, 1.54) is 10.7 Å². The molecular weight excluding hydrogens is 246 g/mol. The highest BCUT2D eigenvalue weighted by atomic mass is 16.4. The second-order valence-electron chi connectivity index (χ2n) is 4.00. The van der Waals surface area contributed by atoms with Gasteiger partial charge in [-0.1, -0.05) is 12.1 Å². The first-order valence-electron chi connectivity index (χ1n) is 5.72. The van der Waals surface area contributed by atoms with Crippen LogP contribution in [0.25, 0.3) is 0 Å². The minimum Gasteiger partial charge on any atom is -0.478 e. The number of hydrogen-bond acceptors (Lipinski definition) is 3. The zero-order chi connectivity index (χ0) is 13.8. The van der Waals surface area contributed by atoms with Crippen LogP contribution in [-0.2, 0) is 4.79 Å². The third kappa shape index (κ3) is 2.79. The molecule has 6 nitrogen and oxygen atoms in total. The number of carboxylic acid groups (broad SMARTS) is 1. The third-order valence-corrected chi connectivity index (χ3v) is 2.72. The fourth-order valence-corrected chi connectivity index (χ4v) is 1.65. The first-order chi connectivity index (χ1) is 9.09. The van der Waals surface area contributed by atoms with E-state index in [0.717, 1.165) is 0 Å². The molecule has 2 aromatic rings. The Morgan fingerprint density at radius 1 is 1.32 bits per heavy atom. The van der Waals surface area contributed by atoms with Gasteiger partial charge >= 0.3 is 5.97 Å². The molecule has 0 saturated heterocycles. The number of rotatable bonds is 4. The number of para-hydroxylation sites is 1. The van der Waals surface area contributed by atoms with Crippen LogP contribution >= 0.6 is 0 Å². The van der Waals surface area contributed by atoms with E-state index in [2.05, 4.69) is 10.4 Å². The van der Waals surface area contributed by atoms with Crippen molar-refractivity contribution in [1.82, 2.24) is 9.78 Å². The molecule has 0 fully saturated rings. The number of carboxylic acids is 1. The van der Waals surface area contributed by atoms with Gasteiger partial charge in [0.2, 0.25) is 5.91 Å². The van der Waals surface area contributed by atoms with Crippen LogP contribution in [-0.4, -0.2) is 26.8 Å². The second-order valence-corrected chi connectivity index (χ2v) is 4.00. The first kappa shape index (κ1) is 12.8. The predicted molar refractivity (Wildman–Crippen MR) is 69.0 cm³/mol. The van der Waals surface area contributed by atoms with Gasteiger partial charge < -0.3 is 10.4 Å². The highest BCUT2D eigenvalue weighted by molar-refractivity contribution is 6.01. The van der Waals surface area contributed by atoms with Crippen LogP contribution in [0.2, 0.25) is 0 Å². The summed E-state index contributed by atoms with van der Waals surface area (Å²) in [5.74, 6) is -1.40. The van der Waals surface area contributed by atoms with Gasteiger partial charge in [0.1, 0.15) is 6.04 Å². The molecule has 1 unspecified atom stereocenters. The van der Waals surface area contributed by atoms with E-state index >= 15 is 0 Å². The fraction of sp³-hybridized carbons (Fsp3) is 0.154. The monoisotopic (exact) mass is 259 g/mol. The van der Waals surface area contributed by atoms with E-state index in [0.29, 0.717) is 0 Å². The average Bonchev–Trinajstić information content (AvgIpc) is 2.92. The van der Waals surface area contributed by atoms with Crippen molar-refractivity contribution in [1.29, 1.82) is 0 Å². The number of aromatic carboxylic acids is 1. The summed E-state index contributed by atoms with van der Waals surface area (Å²) in [4.78, 5) is 23.1. The van der Waals surface area contributed by atoms with Gasteiger partial charge in [-0.2, -0.15) is 5.10 Å². The lowest BCUT2D eigenvalue weighted by Gasteiger charge is -2.13. The number of carbonyl (C=O) groups is 2. The topological polar surface area (TPSA) is 84.2 Å². The zero-order valence-corrected chi connectivity index (χ0v) is 10.3. The van der Waals surface area contributed by atoms with Crippen molar-refractivity contribution in [2.45, 2.75) is 13.0 Å². The van der Waals surface area contributed by atoms with Crippen molar-refractivity contribution < 1.29 is 14.7 Å². The third-order valence-electron chi connectivity index (χ3n) is 2.72. The lowest BCUT2D eigenvalue weighted by atomic mass is 10.1. The number of anilines is 1. The molecule has 0 aliphatic heterocycles. The maximum atomic E-state index is 12.0. The van der Waals surface area contributed by atoms with E-state index in [1.807, 2.05) is 0 Å². The van der Waals surface area contributed by atoms with Crippen molar-refractivity contribution in [3.05, 3.63) is 48.3 Å². The molecule has 0 bridgehead atoms. The molecule has 1 atom stereocenters. The molecular formula is C13H13N3O3. The standard InChI is InChI=1S/C13H13N3O3/c1-9(16-8-4-7-14-16)12(17)15-11-6-3-2-5-10(11)13(18)19/h2-9H,1H3,(H,15,17)(H,18,19). The highest BCUT2D eigenvalue weighted by Crippen LogP contribution is 2.16. The van der Waals surface area contributed by atoms with E-state index in [1.54, 1.807) is 43.6 Å². The lowest BCUT2D eigenvalue weighted by molar-refractivity contribution is -0.119. The van der Waals surface area contributed by atoms with Crippen LogP contribution in [0.1, 0.15) is 23.3 Å². The van der Waals surface area contributed by atoms with Gasteiger partial charge in [-0.25, -0.2) is 4.79 Å². The average molecular weight is 259 g/mol. The number of benzene rings is 1. The second kappa shape index (κ2) is 5.34. The van der Waals surface area contributed by atoms with E-state index in [9.17, 15) is 9.59 Å². The molecule has 0 radical (unpaired) electrons. The molecule has 2 N–H and O–H groups in total. The zero-order valence-electron chi connectivity index (χ0n) is 10.3. The first-order valence-corrected chi connectivity index (χ1v) is 5.72. The predicted octanol–water partition coefficient (Wildman–Crippen LogP) is 1.78. The Morgan fingerprint density at radius 3 is 2.68 bits per heavy atom. The van der Waals surface area contributed by atoms with Crippen molar-refractivity contribution in [2.24, 2.45) is 0 Å². The number of nitrogens with zero attached hydrogens (tertiary/aromatic N) is 2. The molecule has 1 aromatic carbocycles. The number of aromatic nitrogens is 2. The van der Waals surface area contributed by atoms with E-state index in [4.69, 9.17) is 5.11 Å². The van der Waals surface area contributed by atoms with Crippen LogP contribution in [0.3, 0.4) is 0 Å². The maximum absolute atomic E-state index is 12.0. The molecule has 2 rings (SSSR count). The SMILES string of the molecule is CC(C(=O)Nc1ccccc1C(=O)O)n1cccn1. The van der Waals surface area contributed by atoms with Gasteiger partial charge in [0.15, 0.2) is 0 Å². The largest absolute Gasteiger partial charge is 0.478 e. The summed E-state index contributed by atoms with van der Waals surface area (Å²) in [6.45, 7) is 1.69. The molecule has 1 aromatic heterocycles. The quantitative estimate of drug-likeness (QED) is 0.876. The number of carbonyl (C=O) groups excluding carboxylic acids is 1.